The Morgan fingerprint density at radius 3 is 2.91 bits per heavy atom. The van der Waals surface area contributed by atoms with E-state index in [1.807, 2.05) is 6.92 Å². The van der Waals surface area contributed by atoms with Crippen LogP contribution in [0.15, 0.2) is 23.2 Å². The van der Waals surface area contributed by atoms with Gasteiger partial charge in [0.05, 0.1) is 18.0 Å². The van der Waals surface area contributed by atoms with Gasteiger partial charge in [0.15, 0.2) is 5.96 Å². The Morgan fingerprint density at radius 2 is 2.32 bits per heavy atom. The van der Waals surface area contributed by atoms with Gasteiger partial charge in [0.1, 0.15) is 5.82 Å². The number of rotatable bonds is 3. The summed E-state index contributed by atoms with van der Waals surface area (Å²) >= 11 is 0. The van der Waals surface area contributed by atoms with E-state index in [9.17, 15) is 12.8 Å². The summed E-state index contributed by atoms with van der Waals surface area (Å²) in [5, 5.41) is 6.26. The van der Waals surface area contributed by atoms with E-state index in [4.69, 9.17) is 0 Å². The van der Waals surface area contributed by atoms with Crippen molar-refractivity contribution in [1.82, 2.24) is 10.6 Å². The molecule has 1 atom stereocenters. The molecule has 0 aliphatic carbocycles. The highest BCUT2D eigenvalue weighted by Gasteiger charge is 2.30. The summed E-state index contributed by atoms with van der Waals surface area (Å²) in [6, 6.07) is 4.94. The minimum Gasteiger partial charge on any atom is -0.352 e. The van der Waals surface area contributed by atoms with Crippen LogP contribution in [0.4, 0.5) is 10.1 Å². The average molecular weight is 326 g/mol. The quantitative estimate of drug-likeness (QED) is 0.862. The fourth-order valence-corrected chi connectivity index (χ4v) is 4.19. The maximum absolute atomic E-state index is 14.2. The number of sulfonamides is 1. The maximum atomic E-state index is 14.2. The van der Waals surface area contributed by atoms with Gasteiger partial charge in [-0.05, 0) is 31.0 Å². The van der Waals surface area contributed by atoms with Crippen LogP contribution in [-0.4, -0.2) is 39.3 Å². The highest BCUT2D eigenvalue weighted by atomic mass is 32.2. The van der Waals surface area contributed by atoms with E-state index in [0.717, 1.165) is 16.4 Å². The molecule has 6 nitrogen and oxygen atoms in total. The van der Waals surface area contributed by atoms with Crippen LogP contribution in [0, 0.1) is 5.82 Å². The van der Waals surface area contributed by atoms with Crippen LogP contribution >= 0.6 is 0 Å². The number of hydrogen-bond acceptors (Lipinski definition) is 5. The predicted molar refractivity (Wildman–Crippen MR) is 83.9 cm³/mol. The van der Waals surface area contributed by atoms with Crippen molar-refractivity contribution in [2.75, 3.05) is 23.1 Å². The van der Waals surface area contributed by atoms with Crippen LogP contribution in [0.3, 0.4) is 0 Å². The third kappa shape index (κ3) is 3.01. The number of anilines is 1. The molecule has 8 heteroatoms. The van der Waals surface area contributed by atoms with Gasteiger partial charge >= 0.3 is 0 Å². The zero-order valence-corrected chi connectivity index (χ0v) is 13.2. The Morgan fingerprint density at radius 1 is 1.50 bits per heavy atom. The van der Waals surface area contributed by atoms with Crippen molar-refractivity contribution in [2.24, 2.45) is 4.99 Å². The predicted octanol–water partition coefficient (Wildman–Crippen LogP) is 0.803. The van der Waals surface area contributed by atoms with E-state index < -0.39 is 15.8 Å². The molecule has 0 saturated carbocycles. The molecule has 1 aromatic rings. The number of halogens is 1. The molecular formula is C14H19FN4O2S. The summed E-state index contributed by atoms with van der Waals surface area (Å²) in [6.07, 6.45) is 0.536. The number of nitrogens with zero attached hydrogens (tertiary/aromatic N) is 2. The lowest BCUT2D eigenvalue weighted by Gasteiger charge is -2.18. The molecule has 0 spiro atoms. The van der Waals surface area contributed by atoms with Gasteiger partial charge in [-0.15, -0.1) is 0 Å². The van der Waals surface area contributed by atoms with Gasteiger partial charge in [0.2, 0.25) is 10.0 Å². The first kappa shape index (κ1) is 15.1. The third-order valence-corrected chi connectivity index (χ3v) is 5.60. The van der Waals surface area contributed by atoms with Crippen molar-refractivity contribution in [1.29, 1.82) is 0 Å². The number of nitrogens with one attached hydrogen (secondary N) is 2. The van der Waals surface area contributed by atoms with Crippen molar-refractivity contribution in [2.45, 2.75) is 25.9 Å². The first-order chi connectivity index (χ1) is 10.5. The zero-order chi connectivity index (χ0) is 15.7. The molecule has 0 radical (unpaired) electrons. The second kappa shape index (κ2) is 5.75. The second-order valence-corrected chi connectivity index (χ2v) is 7.63. The van der Waals surface area contributed by atoms with Gasteiger partial charge in [0.25, 0.3) is 0 Å². The topological polar surface area (TPSA) is 73.8 Å². The Bertz CT molecular complexity index is 705. The number of benzene rings is 1. The fourth-order valence-electron chi connectivity index (χ4n) is 2.62. The summed E-state index contributed by atoms with van der Waals surface area (Å²) in [5.41, 5.74) is 0.869. The summed E-state index contributed by atoms with van der Waals surface area (Å²) in [6.45, 7) is 3.53. The van der Waals surface area contributed by atoms with Gasteiger partial charge in [-0.3, -0.25) is 9.30 Å². The number of guanidine groups is 1. The van der Waals surface area contributed by atoms with Gasteiger partial charge in [-0.25, -0.2) is 12.8 Å². The van der Waals surface area contributed by atoms with E-state index in [0.29, 0.717) is 31.5 Å². The molecule has 1 fully saturated rings. The highest BCUT2D eigenvalue weighted by Crippen LogP contribution is 2.27. The van der Waals surface area contributed by atoms with Gasteiger partial charge < -0.3 is 10.6 Å². The Kier molecular flexibility index (Phi) is 3.94. The Hall–Kier alpha value is -1.83. The number of hydrogen-bond donors (Lipinski definition) is 2. The molecule has 1 saturated heterocycles. The van der Waals surface area contributed by atoms with E-state index in [1.165, 1.54) is 12.1 Å². The molecule has 2 N–H and O–H groups in total. The minimum atomic E-state index is -3.36. The van der Waals surface area contributed by atoms with Gasteiger partial charge in [0, 0.05) is 19.1 Å². The molecule has 0 amide bonds. The summed E-state index contributed by atoms with van der Waals surface area (Å²) in [7, 11) is -3.36. The van der Waals surface area contributed by atoms with Crippen LogP contribution in [0.2, 0.25) is 0 Å². The van der Waals surface area contributed by atoms with Crippen molar-refractivity contribution < 1.29 is 12.8 Å². The smallest absolute Gasteiger partial charge is 0.235 e. The SMILES string of the molecule is CC1CN=C(NCc2ccc(N3CCCS3(=O)=O)c(F)c2)N1. The van der Waals surface area contributed by atoms with Crippen molar-refractivity contribution in [3.8, 4) is 0 Å². The van der Waals surface area contributed by atoms with Crippen LogP contribution in [0.5, 0.6) is 0 Å². The van der Waals surface area contributed by atoms with Gasteiger partial charge in [-0.1, -0.05) is 6.07 Å². The molecular weight excluding hydrogens is 307 g/mol. The molecule has 2 heterocycles. The summed E-state index contributed by atoms with van der Waals surface area (Å²) in [5.74, 6) is 0.276. The monoisotopic (exact) mass is 326 g/mol. The van der Waals surface area contributed by atoms with E-state index in [1.54, 1.807) is 6.07 Å². The largest absolute Gasteiger partial charge is 0.352 e. The van der Waals surface area contributed by atoms with E-state index in [-0.39, 0.29) is 11.4 Å². The molecule has 120 valence electrons. The standard InChI is InChI=1S/C14H19FN4O2S/c1-10-8-16-14(18-10)17-9-11-3-4-13(12(15)7-11)19-5-2-6-22(19,20)21/h3-4,7,10H,2,5-6,8-9H2,1H3,(H2,16,17,18). The molecule has 0 aromatic heterocycles. The average Bonchev–Trinajstić information content (AvgIpc) is 3.02. The molecule has 2 aliphatic rings. The first-order valence-corrected chi connectivity index (χ1v) is 8.90. The molecule has 22 heavy (non-hydrogen) atoms. The Balaban J connectivity index is 1.70. The summed E-state index contributed by atoms with van der Waals surface area (Å²) < 4.78 is 39.1. The molecule has 2 aliphatic heterocycles. The van der Waals surface area contributed by atoms with E-state index >= 15 is 0 Å². The fraction of sp³-hybridized carbons (Fsp3) is 0.500. The first-order valence-electron chi connectivity index (χ1n) is 7.29. The molecule has 3 rings (SSSR count). The van der Waals surface area contributed by atoms with Crippen LogP contribution in [-0.2, 0) is 16.6 Å². The maximum Gasteiger partial charge on any atom is 0.235 e. The lowest BCUT2D eigenvalue weighted by Crippen LogP contribution is -2.37. The van der Waals surface area contributed by atoms with Crippen LogP contribution < -0.4 is 14.9 Å². The Labute approximate surface area is 129 Å². The highest BCUT2D eigenvalue weighted by molar-refractivity contribution is 7.93. The summed E-state index contributed by atoms with van der Waals surface area (Å²) in [4.78, 5) is 4.27. The molecule has 1 aromatic carbocycles. The van der Waals surface area contributed by atoms with Gasteiger partial charge in [-0.2, -0.15) is 0 Å². The number of aliphatic imine (C=N–C) groups is 1. The van der Waals surface area contributed by atoms with Crippen LogP contribution in [0.1, 0.15) is 18.9 Å². The lowest BCUT2D eigenvalue weighted by molar-refractivity contribution is 0.594. The van der Waals surface area contributed by atoms with E-state index in [2.05, 4.69) is 15.6 Å². The molecule has 1 unspecified atom stereocenters. The van der Waals surface area contributed by atoms with Crippen molar-refractivity contribution in [3.05, 3.63) is 29.6 Å². The van der Waals surface area contributed by atoms with Crippen molar-refractivity contribution in [3.63, 3.8) is 0 Å². The zero-order valence-electron chi connectivity index (χ0n) is 12.3. The molecule has 0 bridgehead atoms. The second-order valence-electron chi connectivity index (χ2n) is 5.62. The third-order valence-electron chi connectivity index (χ3n) is 3.75. The van der Waals surface area contributed by atoms with Crippen molar-refractivity contribution >= 4 is 21.7 Å². The normalized spacial score (nSPS) is 23.3. The van der Waals surface area contributed by atoms with Crippen LogP contribution in [0.25, 0.3) is 0 Å². The minimum absolute atomic E-state index is 0.0828. The lowest BCUT2D eigenvalue weighted by atomic mass is 10.2.